The Morgan fingerprint density at radius 1 is 1.23 bits per heavy atom. The van der Waals surface area contributed by atoms with Crippen LogP contribution in [0.2, 0.25) is 0 Å². The molecule has 3 amide bonds. The van der Waals surface area contributed by atoms with Crippen molar-refractivity contribution in [1.82, 2.24) is 15.2 Å². The fraction of sp³-hybridized carbons (Fsp3) is 0.632. The lowest BCUT2D eigenvalue weighted by atomic mass is 9.86. The Kier molecular flexibility index (Phi) is 6.83. The molecule has 1 saturated carbocycles. The number of aromatic nitrogens is 1. The number of imide groups is 1. The molecule has 1 heterocycles. The Hall–Kier alpha value is -2.31. The van der Waals surface area contributed by atoms with E-state index >= 15 is 0 Å². The van der Waals surface area contributed by atoms with Crippen LogP contribution in [0.25, 0.3) is 0 Å². The highest BCUT2D eigenvalue weighted by Crippen LogP contribution is 2.23. The van der Waals surface area contributed by atoms with Crippen molar-refractivity contribution in [2.45, 2.75) is 66.0 Å². The molecule has 0 bridgehead atoms. The lowest BCUT2D eigenvalue weighted by Crippen LogP contribution is -2.48. The van der Waals surface area contributed by atoms with Gasteiger partial charge in [-0.1, -0.05) is 19.8 Å². The van der Waals surface area contributed by atoms with Gasteiger partial charge in [0.15, 0.2) is 6.61 Å². The van der Waals surface area contributed by atoms with Crippen LogP contribution in [-0.4, -0.2) is 35.1 Å². The molecule has 0 radical (unpaired) electrons. The molecule has 0 aromatic carbocycles. The second-order valence-electron chi connectivity index (χ2n) is 7.00. The minimum absolute atomic E-state index is 0.0820. The number of carbonyl (C=O) groups is 3. The van der Waals surface area contributed by atoms with Crippen molar-refractivity contribution < 1.29 is 19.1 Å². The van der Waals surface area contributed by atoms with Gasteiger partial charge in [0.25, 0.3) is 5.91 Å². The minimum atomic E-state index is -0.636. The standard InChI is InChI=1S/C19H29N3O4/c1-5-22-13(3)10-15(14(22)4)18(24)26-11-17(23)21-19(25)20-16-9-7-6-8-12(16)2/h10,12,16H,5-9,11H2,1-4H3,(H2,20,21,23,25)/t12-,16+/m1/s1. The maximum absolute atomic E-state index is 12.2. The highest BCUT2D eigenvalue weighted by Gasteiger charge is 2.24. The molecule has 1 aliphatic rings. The number of carbonyl (C=O) groups excluding carboxylic acids is 3. The summed E-state index contributed by atoms with van der Waals surface area (Å²) in [4.78, 5) is 36.0. The van der Waals surface area contributed by atoms with Gasteiger partial charge in [-0.2, -0.15) is 0 Å². The molecule has 2 rings (SSSR count). The SMILES string of the molecule is CCn1c(C)cc(C(=O)OCC(=O)NC(=O)N[C@H]2CCCC[C@H]2C)c1C. The van der Waals surface area contributed by atoms with Crippen LogP contribution in [0, 0.1) is 19.8 Å². The molecule has 1 aromatic heterocycles. The van der Waals surface area contributed by atoms with Gasteiger partial charge < -0.3 is 14.6 Å². The second-order valence-corrected chi connectivity index (χ2v) is 7.00. The summed E-state index contributed by atoms with van der Waals surface area (Å²) in [7, 11) is 0. The van der Waals surface area contributed by atoms with Gasteiger partial charge in [0.1, 0.15) is 0 Å². The number of amides is 3. The van der Waals surface area contributed by atoms with Crippen molar-refractivity contribution in [2.75, 3.05) is 6.61 Å². The summed E-state index contributed by atoms with van der Waals surface area (Å²) in [6.07, 6.45) is 4.25. The smallest absolute Gasteiger partial charge is 0.340 e. The first-order valence-corrected chi connectivity index (χ1v) is 9.27. The summed E-state index contributed by atoms with van der Waals surface area (Å²) in [5.41, 5.74) is 2.21. The third-order valence-electron chi connectivity index (χ3n) is 5.13. The Morgan fingerprint density at radius 3 is 2.54 bits per heavy atom. The van der Waals surface area contributed by atoms with Crippen molar-refractivity contribution in [1.29, 1.82) is 0 Å². The molecule has 7 nitrogen and oxygen atoms in total. The summed E-state index contributed by atoms with van der Waals surface area (Å²) in [5.74, 6) is -0.797. The van der Waals surface area contributed by atoms with Crippen LogP contribution in [-0.2, 0) is 16.1 Å². The van der Waals surface area contributed by atoms with Crippen molar-refractivity contribution in [2.24, 2.45) is 5.92 Å². The summed E-state index contributed by atoms with van der Waals surface area (Å²) >= 11 is 0. The van der Waals surface area contributed by atoms with E-state index in [1.54, 1.807) is 6.07 Å². The molecule has 1 fully saturated rings. The van der Waals surface area contributed by atoms with Crippen LogP contribution in [0.5, 0.6) is 0 Å². The van der Waals surface area contributed by atoms with Gasteiger partial charge in [0.2, 0.25) is 0 Å². The van der Waals surface area contributed by atoms with Gasteiger partial charge >= 0.3 is 12.0 Å². The zero-order valence-electron chi connectivity index (χ0n) is 16.1. The number of hydrogen-bond acceptors (Lipinski definition) is 4. The molecule has 26 heavy (non-hydrogen) atoms. The number of nitrogens with zero attached hydrogens (tertiary/aromatic N) is 1. The van der Waals surface area contributed by atoms with Crippen molar-refractivity contribution in [3.05, 3.63) is 23.0 Å². The van der Waals surface area contributed by atoms with Crippen LogP contribution in [0.15, 0.2) is 6.07 Å². The molecule has 1 aromatic rings. The van der Waals surface area contributed by atoms with Crippen LogP contribution >= 0.6 is 0 Å². The first-order chi connectivity index (χ1) is 12.3. The second kappa shape index (κ2) is 8.87. The average Bonchev–Trinajstić information content (AvgIpc) is 2.88. The number of nitrogens with one attached hydrogen (secondary N) is 2. The van der Waals surface area contributed by atoms with Crippen LogP contribution < -0.4 is 10.6 Å². The Bertz CT molecular complexity index is 681. The zero-order valence-corrected chi connectivity index (χ0v) is 16.1. The number of esters is 1. The maximum Gasteiger partial charge on any atom is 0.340 e. The molecule has 0 saturated heterocycles. The summed E-state index contributed by atoms with van der Waals surface area (Å²) in [6.45, 7) is 8.12. The molecule has 1 aliphatic carbocycles. The zero-order chi connectivity index (χ0) is 19.3. The molecule has 0 aliphatic heterocycles. The predicted octanol–water partition coefficient (Wildman–Crippen LogP) is 2.69. The number of hydrogen-bond donors (Lipinski definition) is 2. The molecule has 0 spiro atoms. The molecular formula is C19H29N3O4. The largest absolute Gasteiger partial charge is 0.452 e. The average molecular weight is 363 g/mol. The molecule has 2 N–H and O–H groups in total. The van der Waals surface area contributed by atoms with E-state index in [0.717, 1.165) is 37.2 Å². The van der Waals surface area contributed by atoms with E-state index < -0.39 is 24.5 Å². The van der Waals surface area contributed by atoms with Gasteiger partial charge in [-0.3, -0.25) is 10.1 Å². The van der Waals surface area contributed by atoms with E-state index in [1.165, 1.54) is 6.42 Å². The number of aryl methyl sites for hydroxylation is 1. The first kappa shape index (κ1) is 20.0. The lowest BCUT2D eigenvalue weighted by molar-refractivity contribution is -0.123. The van der Waals surface area contributed by atoms with E-state index in [1.807, 2.05) is 25.3 Å². The molecule has 2 atom stereocenters. The summed E-state index contributed by atoms with van der Waals surface area (Å²) in [6, 6.07) is 1.29. The van der Waals surface area contributed by atoms with Crippen molar-refractivity contribution >= 4 is 17.9 Å². The third-order valence-corrected chi connectivity index (χ3v) is 5.13. The van der Waals surface area contributed by atoms with E-state index in [0.29, 0.717) is 11.5 Å². The van der Waals surface area contributed by atoms with Crippen molar-refractivity contribution in [3.63, 3.8) is 0 Å². The monoisotopic (exact) mass is 363 g/mol. The van der Waals surface area contributed by atoms with Gasteiger partial charge in [-0.05, 0) is 45.6 Å². The molecule has 7 heteroatoms. The predicted molar refractivity (Wildman–Crippen MR) is 98.0 cm³/mol. The van der Waals surface area contributed by atoms with E-state index in [4.69, 9.17) is 4.74 Å². The quantitative estimate of drug-likeness (QED) is 0.787. The number of ether oxygens (including phenoxy) is 1. The number of rotatable bonds is 5. The van der Waals surface area contributed by atoms with E-state index in [-0.39, 0.29) is 6.04 Å². The normalized spacial score (nSPS) is 19.7. The third kappa shape index (κ3) is 4.86. The first-order valence-electron chi connectivity index (χ1n) is 9.27. The Morgan fingerprint density at radius 2 is 1.92 bits per heavy atom. The fourth-order valence-electron chi connectivity index (χ4n) is 3.60. The van der Waals surface area contributed by atoms with Crippen molar-refractivity contribution in [3.8, 4) is 0 Å². The minimum Gasteiger partial charge on any atom is -0.452 e. The van der Waals surface area contributed by atoms with Gasteiger partial charge in [-0.25, -0.2) is 9.59 Å². The molecular weight excluding hydrogens is 334 g/mol. The van der Waals surface area contributed by atoms with Crippen LogP contribution in [0.1, 0.15) is 61.3 Å². The van der Waals surface area contributed by atoms with Gasteiger partial charge in [0, 0.05) is 24.0 Å². The van der Waals surface area contributed by atoms with Gasteiger partial charge in [-0.15, -0.1) is 0 Å². The van der Waals surface area contributed by atoms with Crippen LogP contribution in [0.3, 0.4) is 0 Å². The van der Waals surface area contributed by atoms with Crippen LogP contribution in [0.4, 0.5) is 4.79 Å². The number of urea groups is 1. The summed E-state index contributed by atoms with van der Waals surface area (Å²) in [5, 5.41) is 5.06. The highest BCUT2D eigenvalue weighted by atomic mass is 16.5. The Labute approximate surface area is 154 Å². The molecule has 144 valence electrons. The maximum atomic E-state index is 12.2. The molecule has 0 unspecified atom stereocenters. The fourth-order valence-corrected chi connectivity index (χ4v) is 3.60. The van der Waals surface area contributed by atoms with E-state index in [9.17, 15) is 14.4 Å². The summed E-state index contributed by atoms with van der Waals surface area (Å²) < 4.78 is 7.05. The topological polar surface area (TPSA) is 89.4 Å². The Balaban J connectivity index is 1.81. The van der Waals surface area contributed by atoms with Gasteiger partial charge in [0.05, 0.1) is 5.56 Å². The highest BCUT2D eigenvalue weighted by molar-refractivity contribution is 5.97. The lowest BCUT2D eigenvalue weighted by Gasteiger charge is -2.29. The van der Waals surface area contributed by atoms with E-state index in [2.05, 4.69) is 17.6 Å².